The number of rotatable bonds is 48. The van der Waals surface area contributed by atoms with Crippen molar-refractivity contribution < 1.29 is 57.1 Å². The van der Waals surface area contributed by atoms with Crippen LogP contribution < -0.4 is 60.8 Å². The van der Waals surface area contributed by atoms with Crippen LogP contribution in [0.4, 0.5) is 0 Å². The average molecular weight is 1980 g/mol. The number of nitrogens with two attached hydrogens (primary N) is 4. The van der Waals surface area contributed by atoms with E-state index in [4.69, 9.17) is 60.8 Å². The zero-order chi connectivity index (χ0) is 104. The van der Waals surface area contributed by atoms with Crippen LogP contribution in [0.3, 0.4) is 0 Å². The molecule has 16 rings (SSSR count). The predicted octanol–water partition coefficient (Wildman–Crippen LogP) is 25.1. The number of hydrogen-bond donors (Lipinski definition) is 4. The summed E-state index contributed by atoms with van der Waals surface area (Å²) in [5, 5.41) is 0. The smallest absolute Gasteiger partial charge is 0.146 e. The molecule has 0 bridgehead atoms. The second kappa shape index (κ2) is 57.6. The monoisotopic (exact) mass is 1980 g/mol. The Morgan fingerprint density at radius 2 is 0.419 bits per heavy atom. The zero-order valence-corrected chi connectivity index (χ0v) is 85.4. The minimum Gasteiger partial charge on any atom is -0.457 e. The summed E-state index contributed by atoms with van der Waals surface area (Å²) in [6.45, 7) is 21.9. The lowest BCUT2D eigenvalue weighted by molar-refractivity contribution is -0.119. The molecule has 4 aromatic heterocycles. The summed E-state index contributed by atoms with van der Waals surface area (Å²) in [5.41, 5.74) is 37.4. The maximum absolute atomic E-state index is 11.9. The first-order chi connectivity index (χ1) is 71.9. The summed E-state index contributed by atoms with van der Waals surface area (Å²) in [5.74, 6) is 12.2. The molecular weight excluding hydrogens is 1850 g/mol. The normalized spacial score (nSPS) is 11.8. The standard InChI is InChI=1S/2C33H36N2O3.2C29H30N4O3/c1-24-10-8-14-29(20-24)37-32-16-6-4-12-27(32)22-35(19-18-31(34)26(3)36)23-28-13-5-7-17-33(28)38-30-15-9-11-25(2)21-30;1-24-12-16-29(17-13-24)37-32-10-6-4-8-27(32)22-35(21-20-31(34)26(3)36)23-28-9-5-7-11-33(28)38-30-18-14-25(2)15-19-30;1-22(34)27(30)14-17-33(20-23-8-2-4-12-28(23)35-25-10-6-15-31-18-25)21-24-9-3-5-13-29(24)36-26-11-7-16-32-19-26;1-22(34)27(30)14-19-33(20-23-6-2-4-8-28(23)35-25-10-15-31-16-11-25)21-24-7-3-5-9-29(24)36-26-12-17-32-18-13-26/h4-17,20-21,31H,18-19,22-23,34H2,1-3H3;4-19,31H,20-23,34H2,1-3H3;2-13,15-16,18-19,27H,14,17,20-21,30H2,1H3;2-13,15-18,27H,14,19-21,30H2,1H3/t2*31-;2*27-/m0000/s1. The Balaban J connectivity index is 0.000000165. The average Bonchev–Trinajstić information content (AvgIpc) is 0.832. The lowest BCUT2D eigenvalue weighted by Gasteiger charge is -2.26. The van der Waals surface area contributed by atoms with Crippen LogP contribution in [0.25, 0.3) is 0 Å². The van der Waals surface area contributed by atoms with Crippen LogP contribution in [0.15, 0.2) is 389 Å². The van der Waals surface area contributed by atoms with Crippen LogP contribution >= 0.6 is 0 Å². The fourth-order valence-electron chi connectivity index (χ4n) is 16.0. The second-order valence-corrected chi connectivity index (χ2v) is 36.5. The highest BCUT2D eigenvalue weighted by Crippen LogP contribution is 2.38. The molecule has 0 fully saturated rings. The number of para-hydroxylation sites is 8. The number of hydrogen-bond acceptors (Lipinski definition) is 24. The van der Waals surface area contributed by atoms with Gasteiger partial charge < -0.3 is 60.8 Å². The van der Waals surface area contributed by atoms with Crippen LogP contribution in [0.2, 0.25) is 0 Å². The topological polar surface area (TPSA) is 311 Å². The van der Waals surface area contributed by atoms with Gasteiger partial charge in [-0.1, -0.05) is 205 Å². The first-order valence-corrected chi connectivity index (χ1v) is 49.8. The van der Waals surface area contributed by atoms with Gasteiger partial charge in [-0.3, -0.25) is 58.7 Å². The van der Waals surface area contributed by atoms with Crippen molar-refractivity contribution in [3.8, 4) is 92.0 Å². The van der Waals surface area contributed by atoms with Gasteiger partial charge in [0, 0.05) is 160 Å². The Bertz CT molecular complexity index is 6280. The Kier molecular flexibility index (Phi) is 42.5. The van der Waals surface area contributed by atoms with Crippen molar-refractivity contribution in [2.24, 2.45) is 22.9 Å². The predicted molar refractivity (Wildman–Crippen MR) is 583 cm³/mol. The molecule has 8 N–H and O–H groups in total. The maximum atomic E-state index is 11.9. The molecule has 0 amide bonds. The fraction of sp³-hybridized carbons (Fsp3) is 0.226. The molecule has 0 unspecified atom stereocenters. The summed E-state index contributed by atoms with van der Waals surface area (Å²) in [6.07, 6.45) is 15.8. The molecule has 0 saturated carbocycles. The van der Waals surface area contributed by atoms with E-state index in [9.17, 15) is 19.2 Å². The lowest BCUT2D eigenvalue weighted by Crippen LogP contribution is -2.34. The van der Waals surface area contributed by atoms with Crippen molar-refractivity contribution >= 4 is 23.1 Å². The molecule has 24 heteroatoms. The molecule has 4 atom stereocenters. The minimum absolute atomic E-state index is 0.00342. The Morgan fingerprint density at radius 1 is 0.216 bits per heavy atom. The molecule has 16 aromatic rings. The zero-order valence-electron chi connectivity index (χ0n) is 85.4. The summed E-state index contributed by atoms with van der Waals surface area (Å²) in [7, 11) is 0. The summed E-state index contributed by atoms with van der Waals surface area (Å²) in [6, 6.07) is 109. The molecule has 148 heavy (non-hydrogen) atoms. The van der Waals surface area contributed by atoms with Crippen LogP contribution in [0.5, 0.6) is 92.0 Å². The molecule has 0 saturated heterocycles. The number of ketones is 4. The van der Waals surface area contributed by atoms with Crippen molar-refractivity contribution in [2.45, 2.75) is 158 Å². The van der Waals surface area contributed by atoms with Crippen LogP contribution in [-0.2, 0) is 71.5 Å². The molecule has 24 nitrogen and oxygen atoms in total. The van der Waals surface area contributed by atoms with Crippen molar-refractivity contribution in [1.82, 2.24) is 39.5 Å². The molecule has 0 spiro atoms. The second-order valence-electron chi connectivity index (χ2n) is 36.5. The Hall–Kier alpha value is -16.0. The van der Waals surface area contributed by atoms with Gasteiger partial charge in [0.05, 0.1) is 36.6 Å². The summed E-state index contributed by atoms with van der Waals surface area (Å²) < 4.78 is 49.7. The SMILES string of the molecule is CC(=O)[C@@H](N)CCN(Cc1ccccc1Oc1ccc(C)cc1)Cc1ccccc1Oc1ccc(C)cc1.CC(=O)[C@@H](N)CCN(Cc1ccccc1Oc1cccc(C)c1)Cc1ccccc1Oc1cccc(C)c1.CC(=O)[C@@H](N)CCN(Cc1ccccc1Oc1cccnc1)Cc1ccccc1Oc1cccnc1.CC(=O)[C@@H](N)CCN(Cc1ccccc1Oc1ccncc1)Cc1ccccc1Oc1ccncc1. The van der Waals surface area contributed by atoms with E-state index in [2.05, 4.69) is 104 Å². The number of nitrogens with zero attached hydrogens (tertiary/aromatic N) is 8. The summed E-state index contributed by atoms with van der Waals surface area (Å²) in [4.78, 5) is 72.8. The van der Waals surface area contributed by atoms with E-state index in [0.717, 1.165) is 136 Å². The number of aryl methyl sites for hydroxylation is 4. The largest absolute Gasteiger partial charge is 0.457 e. The van der Waals surface area contributed by atoms with Gasteiger partial charge in [-0.2, -0.15) is 0 Å². The van der Waals surface area contributed by atoms with E-state index in [1.54, 1.807) is 63.4 Å². The molecule has 0 aliphatic carbocycles. The number of ether oxygens (including phenoxy) is 8. The van der Waals surface area contributed by atoms with Gasteiger partial charge in [-0.15, -0.1) is 0 Å². The van der Waals surface area contributed by atoms with Crippen molar-refractivity contribution in [2.75, 3.05) is 26.2 Å². The van der Waals surface area contributed by atoms with Crippen molar-refractivity contribution in [3.63, 3.8) is 0 Å². The summed E-state index contributed by atoms with van der Waals surface area (Å²) >= 11 is 0. The van der Waals surface area contributed by atoms with Gasteiger partial charge in [0.2, 0.25) is 0 Å². The van der Waals surface area contributed by atoms with Gasteiger partial charge in [-0.25, -0.2) is 0 Å². The number of carbonyl (C=O) groups is 4. The maximum Gasteiger partial charge on any atom is 0.146 e. The van der Waals surface area contributed by atoms with E-state index in [1.165, 1.54) is 25.0 Å². The third-order valence-corrected chi connectivity index (χ3v) is 24.5. The lowest BCUT2D eigenvalue weighted by atomic mass is 10.1. The number of benzene rings is 12. The molecule has 12 aromatic carbocycles. The fourth-order valence-corrected chi connectivity index (χ4v) is 16.0. The Labute approximate surface area is 869 Å². The quantitative estimate of drug-likeness (QED) is 0.0275. The highest BCUT2D eigenvalue weighted by molar-refractivity contribution is 5.82. The number of pyridine rings is 4. The van der Waals surface area contributed by atoms with E-state index in [-0.39, 0.29) is 23.1 Å². The van der Waals surface area contributed by atoms with Crippen LogP contribution in [-0.4, -0.2) is 113 Å². The van der Waals surface area contributed by atoms with Crippen LogP contribution in [0, 0.1) is 27.7 Å². The molecule has 4 heterocycles. The van der Waals surface area contributed by atoms with E-state index >= 15 is 0 Å². The van der Waals surface area contributed by atoms with E-state index < -0.39 is 24.2 Å². The van der Waals surface area contributed by atoms with E-state index in [1.807, 2.05) is 303 Å². The molecule has 0 aliphatic heterocycles. The number of aromatic nitrogens is 4. The first kappa shape index (κ1) is 109. The van der Waals surface area contributed by atoms with Crippen molar-refractivity contribution in [3.05, 3.63) is 456 Å². The molecule has 0 radical (unpaired) electrons. The van der Waals surface area contributed by atoms with Gasteiger partial charge in [0.15, 0.2) is 0 Å². The number of carbonyl (C=O) groups excluding carboxylic acids is 4. The molecular formula is C124H132N12O12. The minimum atomic E-state index is -0.503. The van der Waals surface area contributed by atoms with Crippen molar-refractivity contribution in [1.29, 1.82) is 0 Å². The number of Topliss-reactive ketones (excluding diaryl/α,β-unsaturated/α-hetero) is 4. The molecule has 0 aliphatic rings. The van der Waals surface area contributed by atoms with Gasteiger partial charge in [-0.05, 0) is 238 Å². The molecule has 760 valence electrons. The van der Waals surface area contributed by atoms with Gasteiger partial charge in [0.1, 0.15) is 115 Å². The van der Waals surface area contributed by atoms with Crippen LogP contribution in [0.1, 0.15) is 120 Å². The van der Waals surface area contributed by atoms with E-state index in [0.29, 0.717) is 116 Å². The third-order valence-electron chi connectivity index (χ3n) is 24.5. The highest BCUT2D eigenvalue weighted by Gasteiger charge is 2.25. The van der Waals surface area contributed by atoms with Gasteiger partial charge >= 0.3 is 0 Å². The highest BCUT2D eigenvalue weighted by atomic mass is 16.5. The van der Waals surface area contributed by atoms with Gasteiger partial charge in [0.25, 0.3) is 0 Å². The third kappa shape index (κ3) is 36.3. The first-order valence-electron chi connectivity index (χ1n) is 49.8. The Morgan fingerprint density at radius 3 is 0.628 bits per heavy atom.